The second-order valence-corrected chi connectivity index (χ2v) is 7.40. The highest BCUT2D eigenvalue weighted by Crippen LogP contribution is 2.20. The predicted octanol–water partition coefficient (Wildman–Crippen LogP) is 5.32. The lowest BCUT2D eigenvalue weighted by Gasteiger charge is -2.05. The number of amides is 1. The number of Topliss-reactive ketones (excluding diaryl/α,β-unsaturated/α-hetero) is 1. The topological polar surface area (TPSA) is 57.6 Å². The van der Waals surface area contributed by atoms with Crippen LogP contribution in [-0.2, 0) is 9.59 Å². The molecule has 0 radical (unpaired) electrons. The summed E-state index contributed by atoms with van der Waals surface area (Å²) < 4.78 is 0. The fourth-order valence-electron chi connectivity index (χ4n) is 3.40. The van der Waals surface area contributed by atoms with E-state index in [-0.39, 0.29) is 29.6 Å². The van der Waals surface area contributed by atoms with Crippen LogP contribution in [0.3, 0.4) is 0 Å². The number of hydrogen-bond donors (Lipinski definition) is 1. The lowest BCUT2D eigenvalue weighted by atomic mass is 10.0. The predicted molar refractivity (Wildman–Crippen MR) is 103 cm³/mol. The van der Waals surface area contributed by atoms with Crippen molar-refractivity contribution in [2.45, 2.75) is 96.8 Å². The average molecular weight is 352 g/mol. The summed E-state index contributed by atoms with van der Waals surface area (Å²) in [5.74, 6) is -0.598. The van der Waals surface area contributed by atoms with Gasteiger partial charge >= 0.3 is 0 Å². The smallest absolute Gasteiger partial charge is 0.261 e. The monoisotopic (exact) mass is 351 g/mol. The van der Waals surface area contributed by atoms with Gasteiger partial charge in [0.15, 0.2) is 5.78 Å². The number of ketones is 1. The van der Waals surface area contributed by atoms with Crippen LogP contribution in [0, 0.1) is 0 Å². The third kappa shape index (κ3) is 8.55. The van der Waals surface area contributed by atoms with Gasteiger partial charge in [-0.15, -0.1) is 0 Å². The summed E-state index contributed by atoms with van der Waals surface area (Å²) in [5.41, 5.74) is 0.0152. The van der Waals surface area contributed by atoms with E-state index >= 15 is 0 Å². The van der Waals surface area contributed by atoms with Crippen molar-refractivity contribution < 1.29 is 14.7 Å². The number of unbranched alkanes of at least 4 members (excludes halogenated alkanes) is 12. The van der Waals surface area contributed by atoms with Crippen molar-refractivity contribution in [3.63, 3.8) is 0 Å². The highest BCUT2D eigenvalue weighted by atomic mass is 16.3. The first kappa shape index (κ1) is 21.7. The summed E-state index contributed by atoms with van der Waals surface area (Å²) in [5, 5.41) is 10.00. The first-order valence-electron chi connectivity index (χ1n) is 10.3. The highest BCUT2D eigenvalue weighted by molar-refractivity contribution is 6.25. The van der Waals surface area contributed by atoms with Crippen LogP contribution in [0.5, 0.6) is 0 Å². The Morgan fingerprint density at radius 2 is 1.28 bits per heavy atom. The number of likely N-dealkylation sites (tertiary alicyclic amines) is 1. The van der Waals surface area contributed by atoms with Crippen molar-refractivity contribution in [1.82, 2.24) is 4.90 Å². The number of aliphatic hydroxyl groups is 1. The van der Waals surface area contributed by atoms with E-state index in [1.165, 1.54) is 75.5 Å². The summed E-state index contributed by atoms with van der Waals surface area (Å²) in [6.07, 6.45) is 17.0. The van der Waals surface area contributed by atoms with Crippen LogP contribution in [-0.4, -0.2) is 35.3 Å². The van der Waals surface area contributed by atoms with Crippen LogP contribution < -0.4 is 0 Å². The van der Waals surface area contributed by atoms with Crippen molar-refractivity contribution in [1.29, 1.82) is 0 Å². The van der Waals surface area contributed by atoms with Gasteiger partial charge in [-0.1, -0.05) is 84.0 Å². The number of likely N-dealkylation sites (N-methyl/N-ethyl adjacent to an activating group) is 1. The van der Waals surface area contributed by atoms with Crippen LogP contribution in [0.25, 0.3) is 0 Å². The summed E-state index contributed by atoms with van der Waals surface area (Å²) in [4.78, 5) is 24.8. The molecule has 1 rings (SSSR count). The standard InChI is InChI=1S/C21H37NO3/c1-3-4-5-6-7-8-9-10-11-12-13-14-15-16-18(23)20-19(24)17-22(2)21(20)25/h23H,3-17H2,1-2H3/b20-18+. The quantitative estimate of drug-likeness (QED) is 0.199. The molecule has 1 amide bonds. The molecule has 1 heterocycles. The third-order valence-corrected chi connectivity index (χ3v) is 5.03. The minimum absolute atomic E-state index is 0.0116. The maximum absolute atomic E-state index is 11.8. The molecule has 4 heteroatoms. The van der Waals surface area contributed by atoms with Gasteiger partial charge in [-0.2, -0.15) is 0 Å². The van der Waals surface area contributed by atoms with Crippen LogP contribution >= 0.6 is 0 Å². The van der Waals surface area contributed by atoms with Crippen LogP contribution in [0.4, 0.5) is 0 Å². The Hall–Kier alpha value is -1.32. The van der Waals surface area contributed by atoms with Crippen molar-refractivity contribution in [2.24, 2.45) is 0 Å². The maximum atomic E-state index is 11.8. The molecule has 0 bridgehead atoms. The Labute approximate surface area is 153 Å². The minimum atomic E-state index is -0.336. The molecule has 4 nitrogen and oxygen atoms in total. The van der Waals surface area contributed by atoms with Crippen molar-refractivity contribution in [2.75, 3.05) is 13.6 Å². The molecular weight excluding hydrogens is 314 g/mol. The Morgan fingerprint density at radius 1 is 0.840 bits per heavy atom. The second-order valence-electron chi connectivity index (χ2n) is 7.40. The molecule has 1 N–H and O–H groups in total. The first-order chi connectivity index (χ1) is 12.1. The van der Waals surface area contributed by atoms with Crippen LogP contribution in [0.2, 0.25) is 0 Å². The van der Waals surface area contributed by atoms with Gasteiger partial charge in [-0.25, -0.2) is 0 Å². The van der Waals surface area contributed by atoms with Crippen LogP contribution in [0.1, 0.15) is 96.8 Å². The zero-order valence-corrected chi connectivity index (χ0v) is 16.3. The molecule has 0 saturated carbocycles. The summed E-state index contributed by atoms with van der Waals surface area (Å²) in [6.45, 7) is 2.35. The Morgan fingerprint density at radius 3 is 1.68 bits per heavy atom. The van der Waals surface area contributed by atoms with E-state index in [4.69, 9.17) is 0 Å². The van der Waals surface area contributed by atoms with Gasteiger partial charge < -0.3 is 10.0 Å². The molecule has 25 heavy (non-hydrogen) atoms. The number of nitrogens with zero attached hydrogens (tertiary/aromatic N) is 1. The summed E-state index contributed by atoms with van der Waals surface area (Å²) in [6, 6.07) is 0. The van der Waals surface area contributed by atoms with E-state index in [1.807, 2.05) is 0 Å². The fraction of sp³-hybridized carbons (Fsp3) is 0.810. The van der Waals surface area contributed by atoms with E-state index in [2.05, 4.69) is 6.92 Å². The van der Waals surface area contributed by atoms with E-state index in [9.17, 15) is 14.7 Å². The van der Waals surface area contributed by atoms with Gasteiger partial charge in [-0.3, -0.25) is 9.59 Å². The minimum Gasteiger partial charge on any atom is -0.511 e. The molecule has 144 valence electrons. The van der Waals surface area contributed by atoms with Gasteiger partial charge in [0, 0.05) is 13.5 Å². The fourth-order valence-corrected chi connectivity index (χ4v) is 3.40. The molecule has 1 aliphatic heterocycles. The highest BCUT2D eigenvalue weighted by Gasteiger charge is 2.33. The SMILES string of the molecule is CCCCCCCCCCCCCCC/C(O)=C1/C(=O)CN(C)C1=O. The normalized spacial score (nSPS) is 16.8. The molecule has 0 spiro atoms. The number of allylic oxidation sites excluding steroid dienone is 1. The second kappa shape index (κ2) is 13.0. The number of aliphatic hydroxyl groups excluding tert-OH is 1. The van der Waals surface area contributed by atoms with Gasteiger partial charge in [-0.05, 0) is 6.42 Å². The molecule has 1 aliphatic rings. The van der Waals surface area contributed by atoms with Gasteiger partial charge in [0.1, 0.15) is 11.3 Å². The number of carbonyl (C=O) groups is 2. The van der Waals surface area contributed by atoms with Crippen molar-refractivity contribution in [3.8, 4) is 0 Å². The van der Waals surface area contributed by atoms with Gasteiger partial charge in [0.25, 0.3) is 5.91 Å². The Balaban J connectivity index is 1.97. The van der Waals surface area contributed by atoms with E-state index < -0.39 is 0 Å². The van der Waals surface area contributed by atoms with E-state index in [0.29, 0.717) is 6.42 Å². The maximum Gasteiger partial charge on any atom is 0.261 e. The van der Waals surface area contributed by atoms with Crippen LogP contribution in [0.15, 0.2) is 11.3 Å². The largest absolute Gasteiger partial charge is 0.511 e. The molecule has 0 unspecified atom stereocenters. The molecule has 0 aliphatic carbocycles. The Kier molecular flexibility index (Phi) is 11.3. The first-order valence-corrected chi connectivity index (χ1v) is 10.3. The van der Waals surface area contributed by atoms with Gasteiger partial charge in [0.2, 0.25) is 0 Å². The molecule has 0 atom stereocenters. The molecule has 0 aromatic rings. The average Bonchev–Trinajstić information content (AvgIpc) is 2.84. The van der Waals surface area contributed by atoms with Gasteiger partial charge in [0.05, 0.1) is 6.54 Å². The summed E-state index contributed by atoms with van der Waals surface area (Å²) in [7, 11) is 1.59. The lowest BCUT2D eigenvalue weighted by Crippen LogP contribution is -2.19. The lowest BCUT2D eigenvalue weighted by molar-refractivity contribution is -0.123. The van der Waals surface area contributed by atoms with Crippen molar-refractivity contribution >= 4 is 11.7 Å². The number of carbonyl (C=O) groups excluding carboxylic acids is 2. The Bertz CT molecular complexity index is 442. The number of rotatable bonds is 14. The molecule has 0 aromatic carbocycles. The zero-order valence-electron chi connectivity index (χ0n) is 16.3. The molecular formula is C21H37NO3. The molecule has 1 saturated heterocycles. The van der Waals surface area contributed by atoms with Crippen molar-refractivity contribution in [3.05, 3.63) is 11.3 Å². The number of hydrogen-bond acceptors (Lipinski definition) is 3. The molecule has 1 fully saturated rings. The molecule has 0 aromatic heterocycles. The third-order valence-electron chi connectivity index (χ3n) is 5.03. The van der Waals surface area contributed by atoms with E-state index in [1.54, 1.807) is 7.05 Å². The zero-order chi connectivity index (χ0) is 18.5. The summed E-state index contributed by atoms with van der Waals surface area (Å²) >= 11 is 0. The van der Waals surface area contributed by atoms with E-state index in [0.717, 1.165) is 12.8 Å².